The maximum atomic E-state index is 10.7. The summed E-state index contributed by atoms with van der Waals surface area (Å²) in [7, 11) is -3.19. The lowest BCUT2D eigenvalue weighted by Gasteiger charge is -2.12. The van der Waals surface area contributed by atoms with E-state index in [1.165, 1.54) is 0 Å². The van der Waals surface area contributed by atoms with Crippen LogP contribution in [0.1, 0.15) is 13.8 Å². The van der Waals surface area contributed by atoms with Crippen LogP contribution in [-0.2, 0) is 13.9 Å². The van der Waals surface area contributed by atoms with Gasteiger partial charge in [-0.15, -0.1) is 0 Å². The summed E-state index contributed by atoms with van der Waals surface area (Å²) in [5.41, 5.74) is 5.30. The summed E-state index contributed by atoms with van der Waals surface area (Å²) in [6, 6.07) is -0.823. The lowest BCUT2D eigenvalue weighted by atomic mass is 10.1. The van der Waals surface area contributed by atoms with Gasteiger partial charge in [0.25, 0.3) is 0 Å². The second kappa shape index (κ2) is 4.49. The largest absolute Gasteiger partial charge is 0.392 e. The van der Waals surface area contributed by atoms with Crippen LogP contribution in [-0.4, -0.2) is 16.9 Å². The molecule has 2 atom stereocenters. The Balaban J connectivity index is 3.93. The summed E-state index contributed by atoms with van der Waals surface area (Å²) in [5, 5.41) is 0. The third kappa shape index (κ3) is 4.14. The molecule has 1 unspecified atom stereocenters. The van der Waals surface area contributed by atoms with Gasteiger partial charge in [-0.25, -0.2) is 4.57 Å². The fourth-order valence-corrected chi connectivity index (χ4v) is 0.734. The van der Waals surface area contributed by atoms with Gasteiger partial charge in [0.15, 0.2) is 0 Å². The monoisotopic (exact) mass is 181 g/mol. The molecule has 0 saturated heterocycles. The van der Waals surface area contributed by atoms with Crippen molar-refractivity contribution in [2.75, 3.05) is 0 Å². The van der Waals surface area contributed by atoms with Crippen LogP contribution in [0.25, 0.3) is 0 Å². The number of hydrogen-bond acceptors (Lipinski definition) is 4. The molecule has 0 bridgehead atoms. The Kier molecular flexibility index (Phi) is 4.33. The van der Waals surface area contributed by atoms with Gasteiger partial charge >= 0.3 is 14.2 Å². The topological polar surface area (TPSA) is 89.6 Å². The van der Waals surface area contributed by atoms with Crippen molar-refractivity contribution in [2.24, 2.45) is 11.7 Å². The van der Waals surface area contributed by atoms with Gasteiger partial charge in [0.1, 0.15) is 6.04 Å². The second-order valence-electron chi connectivity index (χ2n) is 2.46. The molecular weight excluding hydrogens is 169 g/mol. The lowest BCUT2D eigenvalue weighted by Crippen LogP contribution is -2.35. The second-order valence-corrected chi connectivity index (χ2v) is 3.19. The van der Waals surface area contributed by atoms with Gasteiger partial charge in [-0.05, 0) is 5.92 Å². The molecule has 0 rings (SSSR count). The highest BCUT2D eigenvalue weighted by Crippen LogP contribution is 2.16. The first-order valence-electron chi connectivity index (χ1n) is 3.15. The molecule has 5 nitrogen and oxygen atoms in total. The van der Waals surface area contributed by atoms with Crippen LogP contribution in [0.15, 0.2) is 0 Å². The zero-order chi connectivity index (χ0) is 9.02. The van der Waals surface area contributed by atoms with Crippen molar-refractivity contribution >= 4 is 14.2 Å². The van der Waals surface area contributed by atoms with E-state index in [1.807, 2.05) is 0 Å². The average Bonchev–Trinajstić information content (AvgIpc) is 1.84. The molecule has 66 valence electrons. The third-order valence-electron chi connectivity index (χ3n) is 1.18. The number of carbonyl (C=O) groups excluding carboxylic acids is 1. The average molecular weight is 181 g/mol. The Labute approximate surface area is 65.5 Å². The van der Waals surface area contributed by atoms with E-state index in [0.717, 1.165) is 0 Å². The normalized spacial score (nSPS) is 16.1. The number of nitrogens with two attached hydrogens (primary N) is 1. The van der Waals surface area contributed by atoms with Crippen LogP contribution in [0.3, 0.4) is 0 Å². The lowest BCUT2D eigenvalue weighted by molar-refractivity contribution is -0.136. The van der Waals surface area contributed by atoms with E-state index < -0.39 is 20.3 Å². The molecule has 0 aliphatic heterocycles. The van der Waals surface area contributed by atoms with E-state index in [4.69, 9.17) is 10.6 Å². The van der Waals surface area contributed by atoms with E-state index >= 15 is 0 Å². The standard InChI is InChI=1S/C5H12NO4P/c1-3(2)4(6)5(7)10-11(8)9/h3-4,11H,6H2,1-2H3,(H,8,9)/t4-/m0/s1. The Morgan fingerprint density at radius 2 is 2.09 bits per heavy atom. The maximum Gasteiger partial charge on any atom is 0.367 e. The number of hydrogen-bond donors (Lipinski definition) is 2. The van der Waals surface area contributed by atoms with Crippen molar-refractivity contribution in [3.8, 4) is 0 Å². The van der Waals surface area contributed by atoms with Crippen molar-refractivity contribution in [1.82, 2.24) is 0 Å². The molecule has 0 spiro atoms. The van der Waals surface area contributed by atoms with Gasteiger partial charge in [0, 0.05) is 0 Å². The molecule has 0 fully saturated rings. The molecule has 0 aromatic carbocycles. The molecule has 0 aliphatic rings. The van der Waals surface area contributed by atoms with Crippen LogP contribution in [0.5, 0.6) is 0 Å². The van der Waals surface area contributed by atoms with Crippen molar-refractivity contribution in [1.29, 1.82) is 0 Å². The van der Waals surface area contributed by atoms with Crippen molar-refractivity contribution < 1.29 is 18.8 Å². The van der Waals surface area contributed by atoms with Crippen LogP contribution in [0.2, 0.25) is 0 Å². The molecule has 0 amide bonds. The third-order valence-corrected chi connectivity index (χ3v) is 1.55. The van der Waals surface area contributed by atoms with Gasteiger partial charge < -0.3 is 15.2 Å². The Morgan fingerprint density at radius 1 is 1.64 bits per heavy atom. The van der Waals surface area contributed by atoms with Crippen LogP contribution >= 0.6 is 8.25 Å². The summed E-state index contributed by atoms with van der Waals surface area (Å²) < 4.78 is 14.0. The van der Waals surface area contributed by atoms with E-state index in [9.17, 15) is 9.36 Å². The number of carbonyl (C=O) groups is 1. The Hall–Kier alpha value is -0.380. The summed E-state index contributed by atoms with van der Waals surface area (Å²) in [6.07, 6.45) is 0. The quantitative estimate of drug-likeness (QED) is 0.593. The molecule has 0 saturated carbocycles. The minimum Gasteiger partial charge on any atom is -0.392 e. The molecular formula is C5H12NO4P. The highest BCUT2D eigenvalue weighted by atomic mass is 31.1. The first-order chi connectivity index (χ1) is 4.95. The minimum absolute atomic E-state index is 0.0937. The first-order valence-corrected chi connectivity index (χ1v) is 4.41. The highest BCUT2D eigenvalue weighted by molar-refractivity contribution is 7.32. The molecule has 6 heteroatoms. The van der Waals surface area contributed by atoms with Gasteiger partial charge in [-0.2, -0.15) is 0 Å². The fourth-order valence-electron chi connectivity index (χ4n) is 0.426. The number of rotatable bonds is 3. The summed E-state index contributed by atoms with van der Waals surface area (Å²) >= 11 is 0. The van der Waals surface area contributed by atoms with Crippen molar-refractivity contribution in [3.05, 3.63) is 0 Å². The fraction of sp³-hybridized carbons (Fsp3) is 0.800. The van der Waals surface area contributed by atoms with E-state index in [2.05, 4.69) is 4.52 Å². The summed E-state index contributed by atoms with van der Waals surface area (Å²) in [6.45, 7) is 3.45. The molecule has 11 heavy (non-hydrogen) atoms. The minimum atomic E-state index is -3.19. The molecule has 0 radical (unpaired) electrons. The molecule has 0 aromatic rings. The van der Waals surface area contributed by atoms with Gasteiger partial charge in [0.05, 0.1) is 0 Å². The van der Waals surface area contributed by atoms with E-state index in [1.54, 1.807) is 13.8 Å². The van der Waals surface area contributed by atoms with Crippen LogP contribution in [0.4, 0.5) is 0 Å². The first kappa shape index (κ1) is 10.6. The zero-order valence-corrected chi connectivity index (χ0v) is 7.40. The Bertz CT molecular complexity index is 170. The molecule has 3 N–H and O–H groups in total. The van der Waals surface area contributed by atoms with E-state index in [0.29, 0.717) is 0 Å². The molecule has 0 heterocycles. The zero-order valence-electron chi connectivity index (χ0n) is 6.40. The van der Waals surface area contributed by atoms with Crippen LogP contribution in [0, 0.1) is 5.92 Å². The van der Waals surface area contributed by atoms with E-state index in [-0.39, 0.29) is 5.92 Å². The van der Waals surface area contributed by atoms with Crippen LogP contribution < -0.4 is 5.73 Å². The highest BCUT2D eigenvalue weighted by Gasteiger charge is 2.19. The van der Waals surface area contributed by atoms with Crippen molar-refractivity contribution in [2.45, 2.75) is 19.9 Å². The summed E-state index contributed by atoms with van der Waals surface area (Å²) in [5.74, 6) is -0.921. The summed E-state index contributed by atoms with van der Waals surface area (Å²) in [4.78, 5) is 18.9. The predicted molar refractivity (Wildman–Crippen MR) is 40.1 cm³/mol. The molecule has 0 aliphatic carbocycles. The Morgan fingerprint density at radius 3 is 2.36 bits per heavy atom. The SMILES string of the molecule is CC(C)[C@H](N)C(=O)O[PH](=O)O. The van der Waals surface area contributed by atoms with Gasteiger partial charge in [-0.1, -0.05) is 13.8 Å². The van der Waals surface area contributed by atoms with Gasteiger partial charge in [0.2, 0.25) is 0 Å². The smallest absolute Gasteiger partial charge is 0.367 e. The maximum absolute atomic E-state index is 10.7. The van der Waals surface area contributed by atoms with Crippen molar-refractivity contribution in [3.63, 3.8) is 0 Å². The molecule has 0 aromatic heterocycles. The van der Waals surface area contributed by atoms with Gasteiger partial charge in [-0.3, -0.25) is 4.79 Å². The predicted octanol–water partition coefficient (Wildman–Crippen LogP) is -0.105.